The Hall–Kier alpha value is -2.80. The van der Waals surface area contributed by atoms with Crippen LogP contribution >= 0.6 is 11.8 Å². The van der Waals surface area contributed by atoms with E-state index in [1.54, 1.807) is 30.0 Å². The third-order valence-corrected chi connectivity index (χ3v) is 6.95. The van der Waals surface area contributed by atoms with E-state index in [-0.39, 0.29) is 5.97 Å². The third-order valence-electron chi connectivity index (χ3n) is 5.92. The van der Waals surface area contributed by atoms with Crippen LogP contribution in [0.2, 0.25) is 0 Å². The number of benzene rings is 1. The molecule has 2 aromatic rings. The van der Waals surface area contributed by atoms with Crippen molar-refractivity contribution in [3.63, 3.8) is 0 Å². The smallest absolute Gasteiger partial charge is 0.337 e. The van der Waals surface area contributed by atoms with Gasteiger partial charge in [0.05, 0.1) is 32.1 Å². The molecule has 0 aliphatic heterocycles. The number of rotatable bonds is 18. The fraction of sp³-hybridized carbons (Fsp3) is 0.500. The zero-order chi connectivity index (χ0) is 26.7. The summed E-state index contributed by atoms with van der Waals surface area (Å²) in [7, 11) is 2.72. The molecule has 37 heavy (non-hydrogen) atoms. The monoisotopic (exact) mass is 527 g/mol. The molecule has 0 radical (unpaired) electrons. The van der Waals surface area contributed by atoms with Gasteiger partial charge in [-0.05, 0) is 42.8 Å². The molecule has 0 saturated heterocycles. The number of methoxy groups -OCH3 is 2. The summed E-state index contributed by atoms with van der Waals surface area (Å²) in [5.41, 5.74) is 1.95. The first kappa shape index (κ1) is 30.4. The predicted octanol–water partition coefficient (Wildman–Crippen LogP) is 7.65. The van der Waals surface area contributed by atoms with Gasteiger partial charge in [-0.2, -0.15) is 0 Å². The topological polar surface area (TPSA) is 74.7 Å². The number of ether oxygens (including phenoxy) is 3. The Morgan fingerprint density at radius 3 is 2.27 bits per heavy atom. The normalized spacial score (nSPS) is 11.0. The third kappa shape index (κ3) is 12.3. The van der Waals surface area contributed by atoms with E-state index in [0.717, 1.165) is 23.4 Å². The average molecular weight is 528 g/mol. The van der Waals surface area contributed by atoms with Gasteiger partial charge >= 0.3 is 11.9 Å². The molecule has 1 aromatic carbocycles. The summed E-state index contributed by atoms with van der Waals surface area (Å²) in [4.78, 5) is 29.1. The van der Waals surface area contributed by atoms with E-state index < -0.39 is 5.97 Å². The Morgan fingerprint density at radius 1 is 0.892 bits per heavy atom. The van der Waals surface area contributed by atoms with Crippen molar-refractivity contribution in [1.82, 2.24) is 4.98 Å². The van der Waals surface area contributed by atoms with Crippen molar-refractivity contribution in [2.45, 2.75) is 81.8 Å². The second-order valence-corrected chi connectivity index (χ2v) is 9.93. The van der Waals surface area contributed by atoms with Crippen LogP contribution in [-0.2, 0) is 20.0 Å². The van der Waals surface area contributed by atoms with E-state index in [0.29, 0.717) is 29.4 Å². The molecule has 0 aliphatic rings. The van der Waals surface area contributed by atoms with Crippen LogP contribution in [0.1, 0.15) is 92.9 Å². The molecule has 6 nitrogen and oxygen atoms in total. The van der Waals surface area contributed by atoms with E-state index in [2.05, 4.69) is 6.92 Å². The van der Waals surface area contributed by atoms with Crippen LogP contribution in [0.3, 0.4) is 0 Å². The average Bonchev–Trinajstić information content (AvgIpc) is 2.93. The number of hydrogen-bond acceptors (Lipinski definition) is 7. The van der Waals surface area contributed by atoms with Gasteiger partial charge in [-0.15, -0.1) is 11.8 Å². The standard InChI is InChI=1S/C30H41NO5S/c1-4-5-6-7-8-9-10-11-12-13-21-36-28-19-17-25(31-27(28)18-20-29(32)34-2)23-37-26-16-14-15-24(22-26)30(33)35-3/h14-20,22H,4-13,21,23H2,1-3H3/b20-18+. The van der Waals surface area contributed by atoms with E-state index in [1.165, 1.54) is 71.7 Å². The highest BCUT2D eigenvalue weighted by Gasteiger charge is 2.09. The second-order valence-electron chi connectivity index (χ2n) is 8.88. The van der Waals surface area contributed by atoms with Gasteiger partial charge in [0.15, 0.2) is 0 Å². The van der Waals surface area contributed by atoms with Crippen LogP contribution < -0.4 is 4.74 Å². The zero-order valence-corrected chi connectivity index (χ0v) is 23.3. The van der Waals surface area contributed by atoms with Crippen LogP contribution in [0.25, 0.3) is 6.08 Å². The molecule has 0 amide bonds. The summed E-state index contributed by atoms with van der Waals surface area (Å²) < 4.78 is 15.5. The minimum absolute atomic E-state index is 0.361. The molecule has 1 aromatic heterocycles. The summed E-state index contributed by atoms with van der Waals surface area (Å²) in [5.74, 6) is 0.446. The lowest BCUT2D eigenvalue weighted by Gasteiger charge is -2.11. The highest BCUT2D eigenvalue weighted by Crippen LogP contribution is 2.26. The van der Waals surface area contributed by atoms with E-state index in [1.807, 2.05) is 24.3 Å². The number of nitrogens with zero attached hydrogens (tertiary/aromatic N) is 1. The van der Waals surface area contributed by atoms with Gasteiger partial charge in [-0.1, -0.05) is 70.8 Å². The van der Waals surface area contributed by atoms with Crippen molar-refractivity contribution >= 4 is 29.8 Å². The number of carbonyl (C=O) groups is 2. The molecule has 0 fully saturated rings. The van der Waals surface area contributed by atoms with Crippen LogP contribution in [0, 0.1) is 0 Å². The van der Waals surface area contributed by atoms with Crippen molar-refractivity contribution in [2.75, 3.05) is 20.8 Å². The van der Waals surface area contributed by atoms with E-state index in [4.69, 9.17) is 19.2 Å². The van der Waals surface area contributed by atoms with Crippen LogP contribution in [0.4, 0.5) is 0 Å². The molecule has 0 N–H and O–H groups in total. The Balaban J connectivity index is 1.88. The van der Waals surface area contributed by atoms with Gasteiger partial charge in [0.25, 0.3) is 0 Å². The zero-order valence-electron chi connectivity index (χ0n) is 22.5. The van der Waals surface area contributed by atoms with E-state index in [9.17, 15) is 9.59 Å². The SMILES string of the molecule is CCCCCCCCCCCCOc1ccc(CSc2cccc(C(=O)OC)c2)nc1/C=C/C(=O)OC. The number of unbranched alkanes of at least 4 members (excludes halogenated alkanes) is 9. The Morgan fingerprint density at radius 2 is 1.59 bits per heavy atom. The molecule has 7 heteroatoms. The Bertz CT molecular complexity index is 992. The number of pyridine rings is 1. The first-order valence-electron chi connectivity index (χ1n) is 13.3. The maximum Gasteiger partial charge on any atom is 0.337 e. The molecular formula is C30H41NO5S. The van der Waals surface area contributed by atoms with Crippen molar-refractivity contribution in [2.24, 2.45) is 0 Å². The van der Waals surface area contributed by atoms with Crippen molar-refractivity contribution in [1.29, 1.82) is 0 Å². The lowest BCUT2D eigenvalue weighted by atomic mass is 10.1. The lowest BCUT2D eigenvalue weighted by molar-refractivity contribution is -0.134. The van der Waals surface area contributed by atoms with Gasteiger partial charge in [-0.25, -0.2) is 14.6 Å². The van der Waals surface area contributed by atoms with Gasteiger partial charge in [0.2, 0.25) is 0 Å². The number of esters is 2. The molecule has 1 heterocycles. The fourth-order valence-corrected chi connectivity index (χ4v) is 4.66. The van der Waals surface area contributed by atoms with Crippen molar-refractivity contribution < 1.29 is 23.8 Å². The van der Waals surface area contributed by atoms with Gasteiger partial charge in [0.1, 0.15) is 11.4 Å². The maximum absolute atomic E-state index is 11.8. The first-order chi connectivity index (χ1) is 18.1. The molecule has 0 unspecified atom stereocenters. The molecule has 0 aliphatic carbocycles. The quantitative estimate of drug-likeness (QED) is 0.0853. The van der Waals surface area contributed by atoms with Gasteiger partial charge in [-0.3, -0.25) is 0 Å². The highest BCUT2D eigenvalue weighted by atomic mass is 32.2. The van der Waals surface area contributed by atoms with Gasteiger partial charge < -0.3 is 14.2 Å². The summed E-state index contributed by atoms with van der Waals surface area (Å²) in [6.07, 6.45) is 15.7. The first-order valence-corrected chi connectivity index (χ1v) is 14.3. The molecular weight excluding hydrogens is 486 g/mol. The van der Waals surface area contributed by atoms with E-state index >= 15 is 0 Å². The van der Waals surface area contributed by atoms with Crippen LogP contribution in [0.15, 0.2) is 47.4 Å². The van der Waals surface area contributed by atoms with Gasteiger partial charge in [0, 0.05) is 16.7 Å². The number of hydrogen-bond donors (Lipinski definition) is 0. The predicted molar refractivity (Wildman–Crippen MR) is 150 cm³/mol. The molecule has 2 rings (SSSR count). The van der Waals surface area contributed by atoms with Crippen molar-refractivity contribution in [3.8, 4) is 5.75 Å². The highest BCUT2D eigenvalue weighted by molar-refractivity contribution is 7.98. The number of thioether (sulfide) groups is 1. The molecule has 0 bridgehead atoms. The van der Waals surface area contributed by atoms with Crippen LogP contribution in [0.5, 0.6) is 5.75 Å². The minimum Gasteiger partial charge on any atom is -0.491 e. The lowest BCUT2D eigenvalue weighted by Crippen LogP contribution is -2.02. The van der Waals surface area contributed by atoms with Crippen molar-refractivity contribution in [3.05, 3.63) is 59.4 Å². The maximum atomic E-state index is 11.8. The summed E-state index contributed by atoms with van der Waals surface area (Å²) in [6.45, 7) is 2.87. The molecule has 0 spiro atoms. The molecule has 202 valence electrons. The summed E-state index contributed by atoms with van der Waals surface area (Å²) in [5, 5.41) is 0. The molecule has 0 atom stereocenters. The number of carbonyl (C=O) groups excluding carboxylic acids is 2. The summed E-state index contributed by atoms with van der Waals surface area (Å²) in [6, 6.07) is 11.1. The Kier molecular flexibility index (Phi) is 15.2. The molecule has 0 saturated carbocycles. The second kappa shape index (κ2) is 18.4. The minimum atomic E-state index is -0.443. The summed E-state index contributed by atoms with van der Waals surface area (Å²) >= 11 is 1.57. The largest absolute Gasteiger partial charge is 0.491 e. The Labute approximate surface area is 226 Å². The fourth-order valence-electron chi connectivity index (χ4n) is 3.80. The van der Waals surface area contributed by atoms with Crippen LogP contribution in [-0.4, -0.2) is 37.7 Å². The number of aromatic nitrogens is 1.